The Morgan fingerprint density at radius 1 is 1.20 bits per heavy atom. The minimum absolute atomic E-state index is 0.322. The van der Waals surface area contributed by atoms with Crippen LogP contribution in [0.3, 0.4) is 0 Å². The standard InChI is InChI=1S/C14H14N4O2/c1-19-13-6-5-11-14(18-13)17-12(16-11)8-20-10-4-2-3-9(15)7-10/h2-7H,8,15H2,1H3,(H,16,17,18). The number of rotatable bonds is 4. The second-order valence-corrected chi connectivity index (χ2v) is 4.27. The highest BCUT2D eigenvalue weighted by molar-refractivity contribution is 5.71. The molecule has 102 valence electrons. The summed E-state index contributed by atoms with van der Waals surface area (Å²) in [5.74, 6) is 1.94. The summed E-state index contributed by atoms with van der Waals surface area (Å²) in [4.78, 5) is 11.7. The number of nitrogen functional groups attached to an aromatic ring is 1. The van der Waals surface area contributed by atoms with E-state index in [4.69, 9.17) is 15.2 Å². The molecule has 2 aromatic heterocycles. The maximum Gasteiger partial charge on any atom is 0.215 e. The van der Waals surface area contributed by atoms with E-state index in [1.165, 1.54) is 0 Å². The van der Waals surface area contributed by atoms with Crippen molar-refractivity contribution in [1.29, 1.82) is 0 Å². The van der Waals surface area contributed by atoms with Gasteiger partial charge in [-0.2, -0.15) is 4.98 Å². The van der Waals surface area contributed by atoms with Gasteiger partial charge in [0.25, 0.3) is 0 Å². The van der Waals surface area contributed by atoms with Crippen LogP contribution >= 0.6 is 0 Å². The Morgan fingerprint density at radius 2 is 2.10 bits per heavy atom. The highest BCUT2D eigenvalue weighted by Gasteiger charge is 2.06. The molecule has 0 fully saturated rings. The summed E-state index contributed by atoms with van der Waals surface area (Å²) in [7, 11) is 1.57. The lowest BCUT2D eigenvalue weighted by atomic mass is 10.3. The summed E-state index contributed by atoms with van der Waals surface area (Å²) in [6.07, 6.45) is 0. The monoisotopic (exact) mass is 270 g/mol. The lowest BCUT2D eigenvalue weighted by Crippen LogP contribution is -1.98. The quantitative estimate of drug-likeness (QED) is 0.709. The van der Waals surface area contributed by atoms with Crippen molar-refractivity contribution >= 4 is 16.9 Å². The number of imidazole rings is 1. The molecule has 3 N–H and O–H groups in total. The van der Waals surface area contributed by atoms with Crippen LogP contribution in [0.1, 0.15) is 5.82 Å². The number of hydrogen-bond donors (Lipinski definition) is 2. The second kappa shape index (κ2) is 5.08. The molecule has 0 spiro atoms. The van der Waals surface area contributed by atoms with Crippen molar-refractivity contribution in [3.63, 3.8) is 0 Å². The first kappa shape index (κ1) is 12.3. The molecule has 2 heterocycles. The summed E-state index contributed by atoms with van der Waals surface area (Å²) >= 11 is 0. The van der Waals surface area contributed by atoms with Crippen molar-refractivity contribution in [2.24, 2.45) is 0 Å². The average molecular weight is 270 g/mol. The van der Waals surface area contributed by atoms with Crippen LogP contribution in [0.25, 0.3) is 11.2 Å². The number of fused-ring (bicyclic) bond motifs is 1. The molecule has 0 aliphatic carbocycles. The lowest BCUT2D eigenvalue weighted by molar-refractivity contribution is 0.297. The van der Waals surface area contributed by atoms with Crippen molar-refractivity contribution in [1.82, 2.24) is 15.0 Å². The fourth-order valence-corrected chi connectivity index (χ4v) is 1.86. The molecule has 3 aromatic rings. The van der Waals surface area contributed by atoms with Gasteiger partial charge in [-0.15, -0.1) is 0 Å². The number of nitrogens with two attached hydrogens (primary N) is 1. The predicted octanol–water partition coefficient (Wildman–Crippen LogP) is 2.13. The van der Waals surface area contributed by atoms with E-state index in [9.17, 15) is 0 Å². The summed E-state index contributed by atoms with van der Waals surface area (Å²) in [5, 5.41) is 0. The van der Waals surface area contributed by atoms with E-state index in [0.29, 0.717) is 35.4 Å². The molecule has 0 atom stereocenters. The number of hydrogen-bond acceptors (Lipinski definition) is 5. The number of H-pyrrole nitrogens is 1. The first-order valence-electron chi connectivity index (χ1n) is 6.12. The molecule has 0 amide bonds. The summed E-state index contributed by atoms with van der Waals surface area (Å²) < 4.78 is 10.7. The van der Waals surface area contributed by atoms with Gasteiger partial charge in [-0.3, -0.25) is 0 Å². The maximum atomic E-state index is 5.69. The summed E-state index contributed by atoms with van der Waals surface area (Å²) in [6.45, 7) is 0.322. The van der Waals surface area contributed by atoms with E-state index in [2.05, 4.69) is 15.0 Å². The van der Waals surface area contributed by atoms with Crippen LogP contribution in [0.15, 0.2) is 36.4 Å². The van der Waals surface area contributed by atoms with Crippen LogP contribution < -0.4 is 15.2 Å². The van der Waals surface area contributed by atoms with Gasteiger partial charge in [-0.25, -0.2) is 4.98 Å². The van der Waals surface area contributed by atoms with Crippen LogP contribution in [0.4, 0.5) is 5.69 Å². The van der Waals surface area contributed by atoms with Crippen LogP contribution in [0, 0.1) is 0 Å². The molecule has 0 unspecified atom stereocenters. The summed E-state index contributed by atoms with van der Waals surface area (Å²) in [5.41, 5.74) is 7.81. The third kappa shape index (κ3) is 2.49. The number of nitrogens with zero attached hydrogens (tertiary/aromatic N) is 2. The van der Waals surface area contributed by atoms with Crippen LogP contribution in [0.2, 0.25) is 0 Å². The van der Waals surface area contributed by atoms with Gasteiger partial charge in [0.1, 0.15) is 18.2 Å². The number of aromatic amines is 1. The molecule has 20 heavy (non-hydrogen) atoms. The van der Waals surface area contributed by atoms with Gasteiger partial charge in [0.05, 0.1) is 12.6 Å². The van der Waals surface area contributed by atoms with E-state index in [1.807, 2.05) is 24.3 Å². The highest BCUT2D eigenvalue weighted by Crippen LogP contribution is 2.17. The lowest BCUT2D eigenvalue weighted by Gasteiger charge is -2.04. The molecule has 0 aliphatic rings. The minimum Gasteiger partial charge on any atom is -0.486 e. The third-order valence-corrected chi connectivity index (χ3v) is 2.81. The van der Waals surface area contributed by atoms with Crippen molar-refractivity contribution < 1.29 is 9.47 Å². The van der Waals surface area contributed by atoms with Gasteiger partial charge >= 0.3 is 0 Å². The van der Waals surface area contributed by atoms with Crippen molar-refractivity contribution in [3.05, 3.63) is 42.2 Å². The second-order valence-electron chi connectivity index (χ2n) is 4.27. The van der Waals surface area contributed by atoms with E-state index in [1.54, 1.807) is 19.2 Å². The van der Waals surface area contributed by atoms with E-state index in [-0.39, 0.29) is 0 Å². The van der Waals surface area contributed by atoms with E-state index in [0.717, 1.165) is 5.52 Å². The van der Waals surface area contributed by atoms with Crippen molar-refractivity contribution in [2.75, 3.05) is 12.8 Å². The molecule has 6 nitrogen and oxygen atoms in total. The first-order chi connectivity index (χ1) is 9.74. The van der Waals surface area contributed by atoms with Crippen LogP contribution in [-0.4, -0.2) is 22.1 Å². The third-order valence-electron chi connectivity index (χ3n) is 2.81. The number of methoxy groups -OCH3 is 1. The number of aromatic nitrogens is 3. The Balaban J connectivity index is 1.77. The molecule has 0 saturated carbocycles. The molecule has 0 radical (unpaired) electrons. The molecule has 6 heteroatoms. The van der Waals surface area contributed by atoms with Gasteiger partial charge in [0.2, 0.25) is 5.88 Å². The van der Waals surface area contributed by atoms with Gasteiger partial charge < -0.3 is 20.2 Å². The Morgan fingerprint density at radius 3 is 2.90 bits per heavy atom. The zero-order chi connectivity index (χ0) is 13.9. The van der Waals surface area contributed by atoms with Crippen LogP contribution in [-0.2, 0) is 6.61 Å². The smallest absolute Gasteiger partial charge is 0.215 e. The number of pyridine rings is 1. The zero-order valence-electron chi connectivity index (χ0n) is 11.0. The first-order valence-corrected chi connectivity index (χ1v) is 6.12. The number of nitrogens with one attached hydrogen (secondary N) is 1. The minimum atomic E-state index is 0.322. The van der Waals surface area contributed by atoms with Crippen LogP contribution in [0.5, 0.6) is 11.6 Å². The normalized spacial score (nSPS) is 10.7. The molecule has 1 aromatic carbocycles. The number of benzene rings is 1. The molecular formula is C14H14N4O2. The molecule has 0 saturated heterocycles. The Kier molecular flexibility index (Phi) is 3.12. The fourth-order valence-electron chi connectivity index (χ4n) is 1.86. The molecule has 0 aliphatic heterocycles. The number of anilines is 1. The Labute approximate surface area is 115 Å². The summed E-state index contributed by atoms with van der Waals surface area (Å²) in [6, 6.07) is 10.9. The largest absolute Gasteiger partial charge is 0.486 e. The maximum absolute atomic E-state index is 5.69. The molecule has 0 bridgehead atoms. The van der Waals surface area contributed by atoms with Gasteiger partial charge in [-0.1, -0.05) is 6.07 Å². The van der Waals surface area contributed by atoms with Crippen molar-refractivity contribution in [2.45, 2.75) is 6.61 Å². The van der Waals surface area contributed by atoms with Gasteiger partial charge in [-0.05, 0) is 18.2 Å². The van der Waals surface area contributed by atoms with Crippen molar-refractivity contribution in [3.8, 4) is 11.6 Å². The van der Waals surface area contributed by atoms with E-state index >= 15 is 0 Å². The topological polar surface area (TPSA) is 86.0 Å². The SMILES string of the molecule is COc1ccc2[nH]c(COc3cccc(N)c3)nc2n1. The zero-order valence-corrected chi connectivity index (χ0v) is 11.0. The number of ether oxygens (including phenoxy) is 2. The Hall–Kier alpha value is -2.76. The van der Waals surface area contributed by atoms with Gasteiger partial charge in [0, 0.05) is 17.8 Å². The molecular weight excluding hydrogens is 256 g/mol. The highest BCUT2D eigenvalue weighted by atomic mass is 16.5. The Bertz CT molecular complexity index is 739. The van der Waals surface area contributed by atoms with E-state index < -0.39 is 0 Å². The average Bonchev–Trinajstić information content (AvgIpc) is 2.87. The fraction of sp³-hybridized carbons (Fsp3) is 0.143. The predicted molar refractivity (Wildman–Crippen MR) is 75.6 cm³/mol. The van der Waals surface area contributed by atoms with Gasteiger partial charge in [0.15, 0.2) is 5.65 Å². The molecule has 3 rings (SSSR count).